The Morgan fingerprint density at radius 3 is 1.34 bits per heavy atom. The molecule has 0 radical (unpaired) electrons. The zero-order valence-corrected chi connectivity index (χ0v) is 29.7. The lowest BCUT2D eigenvalue weighted by molar-refractivity contribution is -0.154. The molecule has 1 atom stereocenters. The van der Waals surface area contributed by atoms with Gasteiger partial charge >= 0.3 is 5.97 Å². The minimum Gasteiger partial charge on any atom is -0.457 e. The minimum absolute atomic E-state index is 0.173. The van der Waals surface area contributed by atoms with Crippen molar-refractivity contribution in [2.24, 2.45) is 0 Å². The molecule has 0 aliphatic rings. The molecule has 1 unspecified atom stereocenters. The maximum absolute atomic E-state index is 12.1. The van der Waals surface area contributed by atoms with Crippen molar-refractivity contribution in [3.63, 3.8) is 0 Å². The Morgan fingerprint density at radius 2 is 0.886 bits per heavy atom. The van der Waals surface area contributed by atoms with Crippen LogP contribution in [0, 0.1) is 0 Å². The highest BCUT2D eigenvalue weighted by molar-refractivity contribution is 5.69. The standard InChI is InChI=1S/C40H76O4/c1-3-5-7-9-11-13-15-17-18-19-20-21-22-23-24-26-28-30-32-34-36-43-38-39(37-41)44-40(42)35-33-31-29-27-25-16-14-12-10-8-6-4-2/h12,14,17-18,39,41H,3-11,13,15-16,19-38H2,1-2H3/b14-12-,18-17-. The van der Waals surface area contributed by atoms with Crippen LogP contribution < -0.4 is 0 Å². The number of ether oxygens (including phenoxy) is 2. The fourth-order valence-electron chi connectivity index (χ4n) is 5.55. The van der Waals surface area contributed by atoms with E-state index in [0.29, 0.717) is 19.6 Å². The Balaban J connectivity index is 3.40. The summed E-state index contributed by atoms with van der Waals surface area (Å²) in [5, 5.41) is 9.55. The number of hydrogen-bond donors (Lipinski definition) is 1. The quantitative estimate of drug-likeness (QED) is 0.0430. The Bertz CT molecular complexity index is 614. The molecule has 0 rings (SSSR count). The number of carbonyl (C=O) groups excluding carboxylic acids is 1. The molecule has 0 spiro atoms. The van der Waals surface area contributed by atoms with Gasteiger partial charge in [-0.15, -0.1) is 0 Å². The van der Waals surface area contributed by atoms with Gasteiger partial charge in [-0.2, -0.15) is 0 Å². The lowest BCUT2D eigenvalue weighted by Crippen LogP contribution is -2.27. The maximum Gasteiger partial charge on any atom is 0.306 e. The van der Waals surface area contributed by atoms with E-state index in [4.69, 9.17) is 9.47 Å². The molecule has 0 aromatic rings. The molecule has 0 aliphatic carbocycles. The fourth-order valence-corrected chi connectivity index (χ4v) is 5.55. The zero-order chi connectivity index (χ0) is 32.0. The van der Waals surface area contributed by atoms with Crippen LogP contribution in [0.2, 0.25) is 0 Å². The molecular weight excluding hydrogens is 544 g/mol. The largest absolute Gasteiger partial charge is 0.457 e. The molecule has 260 valence electrons. The molecule has 4 nitrogen and oxygen atoms in total. The summed E-state index contributed by atoms with van der Waals surface area (Å²) >= 11 is 0. The second-order valence-corrected chi connectivity index (χ2v) is 13.0. The second-order valence-electron chi connectivity index (χ2n) is 13.0. The average molecular weight is 621 g/mol. The third-order valence-corrected chi connectivity index (χ3v) is 8.50. The maximum atomic E-state index is 12.1. The molecule has 4 heteroatoms. The van der Waals surface area contributed by atoms with E-state index in [1.807, 2.05) is 0 Å². The predicted octanol–water partition coefficient (Wildman–Crippen LogP) is 12.4. The van der Waals surface area contributed by atoms with Crippen molar-refractivity contribution < 1.29 is 19.4 Å². The molecule has 0 aromatic carbocycles. The number of unbranched alkanes of at least 4 members (excludes halogenated alkanes) is 24. The van der Waals surface area contributed by atoms with Crippen molar-refractivity contribution >= 4 is 5.97 Å². The van der Waals surface area contributed by atoms with E-state index in [1.165, 1.54) is 161 Å². The molecule has 44 heavy (non-hydrogen) atoms. The van der Waals surface area contributed by atoms with E-state index in [0.717, 1.165) is 19.3 Å². The topological polar surface area (TPSA) is 55.8 Å². The van der Waals surface area contributed by atoms with Crippen LogP contribution in [0.15, 0.2) is 24.3 Å². The predicted molar refractivity (Wildman–Crippen MR) is 191 cm³/mol. The molecule has 0 aliphatic heterocycles. The molecular formula is C40H76O4. The number of aliphatic hydroxyl groups excluding tert-OH is 1. The van der Waals surface area contributed by atoms with E-state index in [1.54, 1.807) is 0 Å². The number of rotatable bonds is 36. The van der Waals surface area contributed by atoms with Crippen LogP contribution >= 0.6 is 0 Å². The van der Waals surface area contributed by atoms with Gasteiger partial charge in [-0.3, -0.25) is 4.79 Å². The van der Waals surface area contributed by atoms with E-state index < -0.39 is 6.10 Å². The van der Waals surface area contributed by atoms with Gasteiger partial charge in [0.25, 0.3) is 0 Å². The molecule has 0 aromatic heterocycles. The van der Waals surface area contributed by atoms with Crippen molar-refractivity contribution in [1.82, 2.24) is 0 Å². The summed E-state index contributed by atoms with van der Waals surface area (Å²) < 4.78 is 11.1. The van der Waals surface area contributed by atoms with Gasteiger partial charge in [0.1, 0.15) is 6.10 Å². The highest BCUT2D eigenvalue weighted by Crippen LogP contribution is 2.13. The number of aliphatic hydroxyl groups is 1. The summed E-state index contributed by atoms with van der Waals surface area (Å²) in [4.78, 5) is 12.1. The van der Waals surface area contributed by atoms with E-state index in [2.05, 4.69) is 38.2 Å². The number of allylic oxidation sites excluding steroid dienone is 4. The summed E-state index contributed by atoms with van der Waals surface area (Å²) in [6, 6.07) is 0. The smallest absolute Gasteiger partial charge is 0.306 e. The van der Waals surface area contributed by atoms with Crippen molar-refractivity contribution in [2.45, 2.75) is 206 Å². The number of esters is 1. The lowest BCUT2D eigenvalue weighted by atomic mass is 10.1. The first kappa shape index (κ1) is 42.9. The van der Waals surface area contributed by atoms with Crippen molar-refractivity contribution in [1.29, 1.82) is 0 Å². The molecule has 0 heterocycles. The zero-order valence-electron chi connectivity index (χ0n) is 29.7. The first-order valence-electron chi connectivity index (χ1n) is 19.4. The Morgan fingerprint density at radius 1 is 0.523 bits per heavy atom. The molecule has 0 fully saturated rings. The Kier molecular flexibility index (Phi) is 37.1. The highest BCUT2D eigenvalue weighted by Gasteiger charge is 2.13. The van der Waals surface area contributed by atoms with Crippen LogP contribution in [0.3, 0.4) is 0 Å². The van der Waals surface area contributed by atoms with Crippen LogP contribution in [-0.2, 0) is 14.3 Å². The second kappa shape index (κ2) is 38.1. The van der Waals surface area contributed by atoms with Gasteiger partial charge in [-0.25, -0.2) is 0 Å². The van der Waals surface area contributed by atoms with Crippen LogP contribution in [-0.4, -0.2) is 37.0 Å². The lowest BCUT2D eigenvalue weighted by Gasteiger charge is -2.15. The molecule has 0 amide bonds. The van der Waals surface area contributed by atoms with Crippen LogP contribution in [0.5, 0.6) is 0 Å². The minimum atomic E-state index is -0.534. The number of hydrogen-bond acceptors (Lipinski definition) is 4. The normalized spacial score (nSPS) is 12.5. The van der Waals surface area contributed by atoms with Gasteiger partial charge in [-0.1, -0.05) is 154 Å². The highest BCUT2D eigenvalue weighted by atomic mass is 16.6. The first-order chi connectivity index (χ1) is 21.7. The van der Waals surface area contributed by atoms with Gasteiger partial charge < -0.3 is 14.6 Å². The summed E-state index contributed by atoms with van der Waals surface area (Å²) in [7, 11) is 0. The average Bonchev–Trinajstić information content (AvgIpc) is 3.03. The van der Waals surface area contributed by atoms with Crippen molar-refractivity contribution in [2.75, 3.05) is 19.8 Å². The van der Waals surface area contributed by atoms with Gasteiger partial charge in [0.2, 0.25) is 0 Å². The van der Waals surface area contributed by atoms with Gasteiger partial charge in [0, 0.05) is 13.0 Å². The van der Waals surface area contributed by atoms with Crippen molar-refractivity contribution in [3.05, 3.63) is 24.3 Å². The van der Waals surface area contributed by atoms with E-state index in [-0.39, 0.29) is 12.6 Å². The SMILES string of the molecule is CCCCC/C=C\CCCCCCCC(=O)OC(CO)COCCCCCCCCCCCC/C=C\CCCCCCCC. The van der Waals surface area contributed by atoms with Crippen LogP contribution in [0.1, 0.15) is 200 Å². The van der Waals surface area contributed by atoms with Crippen LogP contribution in [0.25, 0.3) is 0 Å². The summed E-state index contributed by atoms with van der Waals surface area (Å²) in [5.41, 5.74) is 0. The molecule has 0 saturated heterocycles. The van der Waals surface area contributed by atoms with E-state index in [9.17, 15) is 9.90 Å². The molecule has 1 N–H and O–H groups in total. The fraction of sp³-hybridized carbons (Fsp3) is 0.875. The summed E-state index contributed by atoms with van der Waals surface area (Å²) in [6.45, 7) is 5.32. The monoisotopic (exact) mass is 621 g/mol. The first-order valence-corrected chi connectivity index (χ1v) is 19.4. The molecule has 0 saturated carbocycles. The third kappa shape index (κ3) is 35.4. The Labute approximate surface area is 275 Å². The van der Waals surface area contributed by atoms with Crippen LogP contribution in [0.4, 0.5) is 0 Å². The molecule has 0 bridgehead atoms. The Hall–Kier alpha value is -1.13. The third-order valence-electron chi connectivity index (χ3n) is 8.50. The van der Waals surface area contributed by atoms with Gasteiger partial charge in [0.05, 0.1) is 13.2 Å². The van der Waals surface area contributed by atoms with Gasteiger partial charge in [0.15, 0.2) is 0 Å². The summed E-state index contributed by atoms with van der Waals surface area (Å²) in [5.74, 6) is -0.210. The van der Waals surface area contributed by atoms with Gasteiger partial charge in [-0.05, 0) is 64.2 Å². The van der Waals surface area contributed by atoms with E-state index >= 15 is 0 Å². The van der Waals surface area contributed by atoms with Crippen molar-refractivity contribution in [3.8, 4) is 0 Å². The summed E-state index contributed by atoms with van der Waals surface area (Å²) in [6.07, 6.45) is 45.1. The number of carbonyl (C=O) groups is 1.